The first-order chi connectivity index (χ1) is 14.9. The molecule has 2 aliphatic rings. The molecule has 0 radical (unpaired) electrons. The van der Waals surface area contributed by atoms with Gasteiger partial charge in [-0.25, -0.2) is 9.98 Å². The van der Waals surface area contributed by atoms with Gasteiger partial charge in [0.25, 0.3) is 0 Å². The number of hydrogen-bond donors (Lipinski definition) is 3. The Morgan fingerprint density at radius 1 is 1.45 bits per heavy atom. The zero-order valence-electron chi connectivity index (χ0n) is 18.5. The van der Waals surface area contributed by atoms with Crippen molar-refractivity contribution in [3.8, 4) is 0 Å². The van der Waals surface area contributed by atoms with Gasteiger partial charge in [-0.15, -0.1) is 0 Å². The molecule has 0 saturated heterocycles. The number of nitrogens with one attached hydrogen (secondary N) is 2. The average molecular weight is 429 g/mol. The van der Waals surface area contributed by atoms with E-state index in [4.69, 9.17) is 30.4 Å². The SMILES string of the molecule is COCCOC1C=C(C(=N)/C(=C/C(C)N2CCc3oc(C)nc3C2)N=CN)C(=N)CC1. The molecular weight excluding hydrogens is 396 g/mol. The van der Waals surface area contributed by atoms with Gasteiger partial charge in [0.2, 0.25) is 0 Å². The third kappa shape index (κ3) is 5.75. The number of aromatic nitrogens is 1. The predicted molar refractivity (Wildman–Crippen MR) is 120 cm³/mol. The van der Waals surface area contributed by atoms with Crippen LogP contribution in [0.2, 0.25) is 0 Å². The van der Waals surface area contributed by atoms with Crippen LogP contribution in [0.3, 0.4) is 0 Å². The quantitative estimate of drug-likeness (QED) is 0.314. The molecule has 2 atom stereocenters. The number of rotatable bonds is 9. The number of nitrogens with two attached hydrogens (primary N) is 1. The molecule has 168 valence electrons. The van der Waals surface area contributed by atoms with Gasteiger partial charge in [0.05, 0.1) is 42.8 Å². The molecule has 1 aromatic rings. The number of aliphatic imine (C=N–C) groups is 1. The zero-order chi connectivity index (χ0) is 22.4. The highest BCUT2D eigenvalue weighted by Gasteiger charge is 2.26. The number of methoxy groups -OCH3 is 1. The van der Waals surface area contributed by atoms with Gasteiger partial charge >= 0.3 is 0 Å². The second kappa shape index (κ2) is 10.6. The molecule has 3 rings (SSSR count). The molecule has 1 aliphatic carbocycles. The number of aryl methyl sites for hydroxylation is 1. The van der Waals surface area contributed by atoms with Crippen molar-refractivity contribution in [3.63, 3.8) is 0 Å². The number of hydrogen-bond acceptors (Lipinski definition) is 8. The second-order valence-corrected chi connectivity index (χ2v) is 7.77. The van der Waals surface area contributed by atoms with Crippen molar-refractivity contribution in [1.29, 1.82) is 10.8 Å². The summed E-state index contributed by atoms with van der Waals surface area (Å²) in [6.45, 7) is 6.43. The third-order valence-electron chi connectivity index (χ3n) is 5.55. The fraction of sp³-hybridized carbons (Fsp3) is 0.545. The molecule has 9 nitrogen and oxygen atoms in total. The van der Waals surface area contributed by atoms with E-state index in [0.717, 1.165) is 30.8 Å². The van der Waals surface area contributed by atoms with E-state index < -0.39 is 0 Å². The maximum Gasteiger partial charge on any atom is 0.191 e. The van der Waals surface area contributed by atoms with Gasteiger partial charge in [-0.3, -0.25) is 10.3 Å². The van der Waals surface area contributed by atoms with E-state index in [1.54, 1.807) is 7.11 Å². The maximum atomic E-state index is 8.73. The van der Waals surface area contributed by atoms with Crippen LogP contribution < -0.4 is 5.73 Å². The van der Waals surface area contributed by atoms with Crippen LogP contribution in [-0.2, 0) is 22.4 Å². The fourth-order valence-corrected chi connectivity index (χ4v) is 3.88. The lowest BCUT2D eigenvalue weighted by Crippen LogP contribution is -2.37. The molecule has 2 heterocycles. The molecule has 1 aromatic heterocycles. The maximum absolute atomic E-state index is 8.73. The first kappa shape index (κ1) is 23.1. The van der Waals surface area contributed by atoms with Gasteiger partial charge in [-0.05, 0) is 31.9 Å². The molecule has 0 fully saturated rings. The van der Waals surface area contributed by atoms with Crippen LogP contribution in [0.4, 0.5) is 0 Å². The highest BCUT2D eigenvalue weighted by molar-refractivity contribution is 6.28. The largest absolute Gasteiger partial charge is 0.446 e. The Morgan fingerprint density at radius 3 is 3.00 bits per heavy atom. The van der Waals surface area contributed by atoms with Crippen molar-refractivity contribution >= 4 is 17.8 Å². The van der Waals surface area contributed by atoms with E-state index in [9.17, 15) is 0 Å². The number of nitrogens with zero attached hydrogens (tertiary/aromatic N) is 3. The summed E-state index contributed by atoms with van der Waals surface area (Å²) in [4.78, 5) is 11.0. The van der Waals surface area contributed by atoms with Crippen molar-refractivity contribution in [1.82, 2.24) is 9.88 Å². The summed E-state index contributed by atoms with van der Waals surface area (Å²) in [6, 6.07) is 0.0105. The molecule has 0 bridgehead atoms. The lowest BCUT2D eigenvalue weighted by atomic mass is 9.90. The molecule has 0 amide bonds. The Morgan fingerprint density at radius 2 is 2.26 bits per heavy atom. The molecule has 1 aliphatic heterocycles. The van der Waals surface area contributed by atoms with E-state index in [-0.39, 0.29) is 17.9 Å². The summed E-state index contributed by atoms with van der Waals surface area (Å²) in [5.74, 6) is 1.65. The predicted octanol–water partition coefficient (Wildman–Crippen LogP) is 2.39. The average Bonchev–Trinajstić information content (AvgIpc) is 3.13. The van der Waals surface area contributed by atoms with Gasteiger partial charge in [0.1, 0.15) is 5.76 Å². The minimum absolute atomic E-state index is 0.0105. The van der Waals surface area contributed by atoms with Gasteiger partial charge in [0.15, 0.2) is 5.89 Å². The first-order valence-corrected chi connectivity index (χ1v) is 10.6. The summed E-state index contributed by atoms with van der Waals surface area (Å²) in [5, 5.41) is 17.1. The van der Waals surface area contributed by atoms with Crippen molar-refractivity contribution in [3.05, 3.63) is 40.8 Å². The minimum atomic E-state index is -0.143. The molecule has 0 aromatic carbocycles. The first-order valence-electron chi connectivity index (χ1n) is 10.6. The third-order valence-corrected chi connectivity index (χ3v) is 5.55. The second-order valence-electron chi connectivity index (χ2n) is 7.77. The van der Waals surface area contributed by atoms with E-state index in [0.29, 0.717) is 49.1 Å². The number of fused-ring (bicyclic) bond motifs is 1. The summed E-state index contributed by atoms with van der Waals surface area (Å²) in [6.07, 6.45) is 6.91. The Balaban J connectivity index is 1.76. The standard InChI is InChI=1S/C22H32N6O3/c1-14(28-7-6-21-20(12-28)27-15(2)31-21)10-19(26-13-23)22(25)17-11-16(4-5-18(17)24)30-9-8-29-3/h10-11,13-14,16,24-25H,4-9,12H2,1-3H3,(H2,23,26)/b19-10-,24-18?,25-22?. The van der Waals surface area contributed by atoms with E-state index in [1.807, 2.05) is 19.1 Å². The molecule has 2 unspecified atom stereocenters. The minimum Gasteiger partial charge on any atom is -0.446 e. The molecule has 9 heteroatoms. The Labute approximate surface area is 183 Å². The van der Waals surface area contributed by atoms with Gasteiger partial charge in [0, 0.05) is 50.9 Å². The lowest BCUT2D eigenvalue weighted by molar-refractivity contribution is 0.0360. The van der Waals surface area contributed by atoms with E-state index >= 15 is 0 Å². The van der Waals surface area contributed by atoms with Crippen LogP contribution in [0, 0.1) is 17.7 Å². The van der Waals surface area contributed by atoms with Gasteiger partial charge in [-0.2, -0.15) is 0 Å². The topological polar surface area (TPSA) is 134 Å². The number of oxazole rings is 1. The zero-order valence-corrected chi connectivity index (χ0v) is 18.5. The summed E-state index contributed by atoms with van der Waals surface area (Å²) >= 11 is 0. The van der Waals surface area contributed by atoms with Crippen molar-refractivity contribution in [2.45, 2.75) is 51.8 Å². The van der Waals surface area contributed by atoms with Crippen molar-refractivity contribution < 1.29 is 13.9 Å². The van der Waals surface area contributed by atoms with Crippen molar-refractivity contribution in [2.24, 2.45) is 10.7 Å². The molecule has 0 saturated carbocycles. The summed E-state index contributed by atoms with van der Waals surface area (Å²) in [7, 11) is 1.63. The Bertz CT molecular complexity index is 901. The van der Waals surface area contributed by atoms with Gasteiger partial charge < -0.3 is 25.0 Å². The summed E-state index contributed by atoms with van der Waals surface area (Å²) < 4.78 is 16.5. The van der Waals surface area contributed by atoms with E-state index in [2.05, 4.69) is 21.8 Å². The smallest absolute Gasteiger partial charge is 0.191 e. The Hall–Kier alpha value is -2.62. The van der Waals surface area contributed by atoms with Crippen molar-refractivity contribution in [2.75, 3.05) is 26.9 Å². The highest BCUT2D eigenvalue weighted by atomic mass is 16.5. The van der Waals surface area contributed by atoms with Crippen LogP contribution in [0.15, 0.2) is 32.8 Å². The van der Waals surface area contributed by atoms with Crippen LogP contribution in [0.5, 0.6) is 0 Å². The molecule has 0 spiro atoms. The summed E-state index contributed by atoms with van der Waals surface area (Å²) in [5.41, 5.74) is 8.16. The van der Waals surface area contributed by atoms with Crippen LogP contribution in [-0.4, -0.2) is 66.7 Å². The lowest BCUT2D eigenvalue weighted by Gasteiger charge is -2.30. The normalized spacial score (nSPS) is 21.3. The highest BCUT2D eigenvalue weighted by Crippen LogP contribution is 2.24. The monoisotopic (exact) mass is 428 g/mol. The molecule has 31 heavy (non-hydrogen) atoms. The molecule has 4 N–H and O–H groups in total. The van der Waals surface area contributed by atoms with Crippen LogP contribution in [0.25, 0.3) is 0 Å². The number of ether oxygens (including phenoxy) is 2. The van der Waals surface area contributed by atoms with Crippen LogP contribution in [0.1, 0.15) is 37.1 Å². The fourth-order valence-electron chi connectivity index (χ4n) is 3.88. The molecular formula is C22H32N6O3. The Kier molecular flexibility index (Phi) is 7.89. The van der Waals surface area contributed by atoms with E-state index in [1.165, 1.54) is 6.34 Å². The van der Waals surface area contributed by atoms with Gasteiger partial charge in [-0.1, -0.05) is 0 Å². The number of allylic oxidation sites excluding steroid dienone is 1. The van der Waals surface area contributed by atoms with Crippen LogP contribution >= 0.6 is 0 Å².